The predicted octanol–water partition coefficient (Wildman–Crippen LogP) is 2.01. The number of fused-ring (bicyclic) bond motifs is 3. The third-order valence-electron chi connectivity index (χ3n) is 5.62. The van der Waals surface area contributed by atoms with Crippen molar-refractivity contribution in [1.82, 2.24) is 25.0 Å². The van der Waals surface area contributed by atoms with Crippen molar-refractivity contribution < 1.29 is 13.6 Å². The molecule has 2 aliphatic heterocycles. The Morgan fingerprint density at radius 1 is 1.21 bits per heavy atom. The Bertz CT molecular complexity index is 1090. The Kier molecular flexibility index (Phi) is 3.56. The first-order valence-electron chi connectivity index (χ1n) is 11.0. The number of nitrogens with zero attached hydrogens (tertiary/aromatic N) is 4. The van der Waals surface area contributed by atoms with Gasteiger partial charge in [-0.3, -0.25) is 14.3 Å². The van der Waals surface area contributed by atoms with Gasteiger partial charge in [0, 0.05) is 40.0 Å². The van der Waals surface area contributed by atoms with E-state index in [1.807, 2.05) is 34.9 Å². The minimum Gasteiger partial charge on any atom is -0.378 e. The molecule has 7 heteroatoms. The van der Waals surface area contributed by atoms with Crippen LogP contribution in [0, 0.1) is 0 Å². The molecule has 0 spiro atoms. The van der Waals surface area contributed by atoms with Crippen LogP contribution in [0.4, 0.5) is 0 Å². The Morgan fingerprint density at radius 3 is 2.79 bits per heavy atom. The lowest BCUT2D eigenvalue weighted by molar-refractivity contribution is -0.0670. The summed E-state index contributed by atoms with van der Waals surface area (Å²) >= 11 is 0. The van der Waals surface area contributed by atoms with Crippen molar-refractivity contribution in [2.75, 3.05) is 20.2 Å². The Balaban J connectivity index is 1.41. The molecule has 2 aromatic heterocycles. The number of benzene rings is 1. The van der Waals surface area contributed by atoms with Gasteiger partial charge < -0.3 is 10.1 Å². The Labute approximate surface area is 167 Å². The van der Waals surface area contributed by atoms with Gasteiger partial charge in [0.25, 0.3) is 5.91 Å². The van der Waals surface area contributed by atoms with E-state index >= 15 is 0 Å². The zero-order valence-corrected chi connectivity index (χ0v) is 15.3. The summed E-state index contributed by atoms with van der Waals surface area (Å²) in [5, 5.41) is 12.1. The number of piperidine rings is 1. The molecule has 144 valence electrons. The lowest BCUT2D eigenvalue weighted by Crippen LogP contribution is -2.59. The summed E-state index contributed by atoms with van der Waals surface area (Å²) in [5.74, 6) is 0.459. The topological polar surface area (TPSA) is 72.3 Å². The number of morpholine rings is 1. The van der Waals surface area contributed by atoms with Gasteiger partial charge in [-0.25, -0.2) is 0 Å². The summed E-state index contributed by atoms with van der Waals surface area (Å²) < 4.78 is 31.0. The van der Waals surface area contributed by atoms with Crippen LogP contribution < -0.4 is 5.32 Å². The number of hydrogen-bond donors (Lipinski definition) is 1. The summed E-state index contributed by atoms with van der Waals surface area (Å²) in [6.45, 7) is -1.42. The van der Waals surface area contributed by atoms with Crippen molar-refractivity contribution in [2.24, 2.45) is 0 Å². The van der Waals surface area contributed by atoms with Crippen LogP contribution in [0.15, 0.2) is 48.8 Å². The van der Waals surface area contributed by atoms with Crippen LogP contribution >= 0.6 is 0 Å². The first kappa shape index (κ1) is 14.3. The van der Waals surface area contributed by atoms with Gasteiger partial charge in [-0.05, 0) is 38.0 Å². The molecule has 3 atom stereocenters. The quantitative estimate of drug-likeness (QED) is 0.753. The fourth-order valence-electron chi connectivity index (χ4n) is 4.27. The molecule has 2 saturated heterocycles. The molecular weight excluding hydrogens is 354 g/mol. The first-order valence-corrected chi connectivity index (χ1v) is 9.47. The maximum absolute atomic E-state index is 13.3. The van der Waals surface area contributed by atoms with Gasteiger partial charge in [-0.15, -0.1) is 5.10 Å². The second-order valence-corrected chi connectivity index (χ2v) is 7.41. The summed E-state index contributed by atoms with van der Waals surface area (Å²) in [6, 6.07) is 10.7. The Morgan fingerprint density at radius 2 is 2.04 bits per heavy atom. The number of para-hydroxylation sites is 1. The third kappa shape index (κ3) is 2.96. The molecule has 2 bridgehead atoms. The van der Waals surface area contributed by atoms with Gasteiger partial charge in [-0.1, -0.05) is 18.2 Å². The van der Waals surface area contributed by atoms with Crippen molar-refractivity contribution >= 4 is 16.8 Å². The molecule has 1 N–H and O–H groups in total. The monoisotopic (exact) mass is 380 g/mol. The molecule has 7 nitrogen and oxygen atoms in total. The summed E-state index contributed by atoms with van der Waals surface area (Å²) in [6.07, 6.45) is 4.48. The van der Waals surface area contributed by atoms with Crippen LogP contribution in [-0.2, 0) is 4.74 Å². The number of ether oxygens (including phenoxy) is 1. The molecule has 0 saturated carbocycles. The molecular formula is C21H23N5O2. The number of carbonyl (C=O) groups excluding carboxylic acids is 1. The normalized spacial score (nSPS) is 27.0. The predicted molar refractivity (Wildman–Crippen MR) is 106 cm³/mol. The molecule has 1 amide bonds. The lowest BCUT2D eigenvalue weighted by Gasteiger charge is -2.46. The molecule has 4 heterocycles. The molecule has 28 heavy (non-hydrogen) atoms. The van der Waals surface area contributed by atoms with Crippen molar-refractivity contribution in [3.05, 3.63) is 54.4 Å². The molecule has 5 rings (SSSR count). The fourth-order valence-corrected chi connectivity index (χ4v) is 4.27. The van der Waals surface area contributed by atoms with Crippen molar-refractivity contribution in [3.63, 3.8) is 0 Å². The van der Waals surface area contributed by atoms with Gasteiger partial charge in [-0.2, -0.15) is 5.10 Å². The first-order chi connectivity index (χ1) is 14.9. The smallest absolute Gasteiger partial charge is 0.253 e. The zero-order chi connectivity index (χ0) is 21.6. The molecule has 1 aromatic carbocycles. The minimum atomic E-state index is -2.15. The molecule has 2 aliphatic rings. The third-order valence-corrected chi connectivity index (χ3v) is 5.62. The van der Waals surface area contributed by atoms with E-state index < -0.39 is 6.98 Å². The van der Waals surface area contributed by atoms with E-state index in [-0.39, 0.29) is 24.0 Å². The molecule has 0 aliphatic carbocycles. The van der Waals surface area contributed by atoms with E-state index in [2.05, 4.69) is 15.5 Å². The highest BCUT2D eigenvalue weighted by molar-refractivity contribution is 6.07. The van der Waals surface area contributed by atoms with E-state index in [0.29, 0.717) is 37.4 Å². The van der Waals surface area contributed by atoms with Gasteiger partial charge in [0.2, 0.25) is 0 Å². The number of amides is 1. The molecule has 3 aromatic rings. The van der Waals surface area contributed by atoms with Gasteiger partial charge in [0.05, 0.1) is 24.3 Å². The largest absolute Gasteiger partial charge is 0.378 e. The van der Waals surface area contributed by atoms with E-state index in [9.17, 15) is 4.79 Å². The average molecular weight is 380 g/mol. The number of nitrogens with one attached hydrogen (secondary N) is 1. The van der Waals surface area contributed by atoms with Crippen LogP contribution in [0.3, 0.4) is 0 Å². The van der Waals surface area contributed by atoms with Crippen molar-refractivity contribution in [1.29, 1.82) is 0 Å². The van der Waals surface area contributed by atoms with E-state index in [4.69, 9.17) is 8.85 Å². The zero-order valence-electron chi connectivity index (χ0n) is 18.3. The second-order valence-electron chi connectivity index (χ2n) is 7.41. The van der Waals surface area contributed by atoms with E-state index in [1.165, 1.54) is 0 Å². The van der Waals surface area contributed by atoms with Crippen LogP contribution in [0.1, 0.15) is 27.3 Å². The van der Waals surface area contributed by atoms with Crippen LogP contribution in [-0.4, -0.2) is 63.9 Å². The van der Waals surface area contributed by atoms with Crippen molar-refractivity contribution in [2.45, 2.75) is 31.0 Å². The minimum absolute atomic E-state index is 0.108. The molecule has 2 fully saturated rings. The molecule has 0 radical (unpaired) electrons. The highest BCUT2D eigenvalue weighted by Crippen LogP contribution is 2.28. The highest BCUT2D eigenvalue weighted by Gasteiger charge is 2.37. The summed E-state index contributed by atoms with van der Waals surface area (Å²) in [7, 11) is 0. The van der Waals surface area contributed by atoms with Crippen LogP contribution in [0.5, 0.6) is 0 Å². The number of rotatable bonds is 3. The number of likely N-dealkylation sites (N-methyl/N-ethyl adjacent to an activating group) is 1. The number of hydrogen-bond acceptors (Lipinski definition) is 5. The lowest BCUT2D eigenvalue weighted by atomic mass is 9.90. The van der Waals surface area contributed by atoms with Crippen LogP contribution in [0.25, 0.3) is 16.7 Å². The average Bonchev–Trinajstić information content (AvgIpc) is 3.13. The maximum atomic E-state index is 13.3. The molecule has 1 unspecified atom stereocenters. The van der Waals surface area contributed by atoms with E-state index in [0.717, 1.165) is 10.9 Å². The summed E-state index contributed by atoms with van der Waals surface area (Å²) in [5.41, 5.74) is 1.43. The SMILES string of the molecule is [2H]C([2H])([2H])N1[C@@H]2COC[C@H]1CC(NC(=O)c1cn(-c3cccnn3)c3ccccc13)C2. The van der Waals surface area contributed by atoms with Gasteiger partial charge in [0.1, 0.15) is 0 Å². The maximum Gasteiger partial charge on any atom is 0.253 e. The van der Waals surface area contributed by atoms with Crippen molar-refractivity contribution in [3.8, 4) is 5.82 Å². The highest BCUT2D eigenvalue weighted by atomic mass is 16.5. The summed E-state index contributed by atoms with van der Waals surface area (Å²) in [4.78, 5) is 14.8. The second kappa shape index (κ2) is 7.00. The van der Waals surface area contributed by atoms with Gasteiger partial charge in [0.15, 0.2) is 5.82 Å². The van der Waals surface area contributed by atoms with Gasteiger partial charge >= 0.3 is 0 Å². The number of aromatic nitrogens is 3. The standard InChI is InChI=1S/C21H23N5O2/c1-25-15-9-14(10-16(25)13-28-12-15)23-21(27)18-11-26(20-7-4-8-22-24-20)19-6-3-2-5-17(18)19/h2-8,11,14-16H,9-10,12-13H2,1H3,(H,23,27)/t14?,15-,16+/i1D3. The Hall–Kier alpha value is -2.77. The van der Waals surface area contributed by atoms with E-state index in [1.54, 1.807) is 23.4 Å². The fraction of sp³-hybridized carbons (Fsp3) is 0.381. The van der Waals surface area contributed by atoms with Crippen LogP contribution in [0.2, 0.25) is 0 Å². The number of carbonyl (C=O) groups is 1.